The number of hydrogen-bond acceptors (Lipinski definition) is 8. The summed E-state index contributed by atoms with van der Waals surface area (Å²) in [6, 6.07) is 11.0. The van der Waals surface area contributed by atoms with Crippen LogP contribution in [0.1, 0.15) is 21.9 Å². The van der Waals surface area contributed by atoms with E-state index in [9.17, 15) is 19.2 Å². The number of benzene rings is 2. The van der Waals surface area contributed by atoms with E-state index in [1.165, 1.54) is 44.6 Å². The predicted octanol–water partition coefficient (Wildman–Crippen LogP) is 4.63. The first kappa shape index (κ1) is 25.8. The number of halogens is 2. The Bertz CT molecular complexity index is 1450. The van der Waals surface area contributed by atoms with Crippen LogP contribution in [-0.4, -0.2) is 38.0 Å². The summed E-state index contributed by atoms with van der Waals surface area (Å²) >= 11 is 11.9. The molecular weight excluding hydrogens is 527 g/mol. The molecule has 2 aromatic carbocycles. The van der Waals surface area contributed by atoms with Gasteiger partial charge in [0, 0.05) is 0 Å². The number of anilines is 1. The minimum Gasteiger partial charge on any atom is -0.493 e. The quantitative estimate of drug-likeness (QED) is 0.259. The largest absolute Gasteiger partial charge is 0.493 e. The van der Waals surface area contributed by atoms with E-state index in [1.807, 2.05) is 0 Å². The van der Waals surface area contributed by atoms with Crippen LogP contribution in [0, 0.1) is 0 Å². The highest BCUT2D eigenvalue weighted by Gasteiger charge is 2.37. The maximum atomic E-state index is 13.1. The molecule has 1 aliphatic rings. The summed E-state index contributed by atoms with van der Waals surface area (Å²) in [6.45, 7) is -0.00456. The van der Waals surface area contributed by atoms with Crippen LogP contribution in [0.4, 0.5) is 10.5 Å². The lowest BCUT2D eigenvalue weighted by Crippen LogP contribution is -2.54. The highest BCUT2D eigenvalue weighted by molar-refractivity contribution is 6.43. The third-order valence-electron chi connectivity index (χ3n) is 5.18. The number of esters is 1. The topological polar surface area (TPSA) is 124 Å². The fourth-order valence-electron chi connectivity index (χ4n) is 3.39. The molecule has 2 heterocycles. The molecule has 1 saturated heterocycles. The van der Waals surface area contributed by atoms with Gasteiger partial charge in [0.15, 0.2) is 11.5 Å². The monoisotopic (exact) mass is 544 g/mol. The molecule has 0 spiro atoms. The van der Waals surface area contributed by atoms with E-state index >= 15 is 0 Å². The summed E-state index contributed by atoms with van der Waals surface area (Å²) < 4.78 is 21.1. The number of barbiturate groups is 1. The number of furan rings is 1. The van der Waals surface area contributed by atoms with Crippen molar-refractivity contribution in [2.24, 2.45) is 0 Å². The van der Waals surface area contributed by atoms with Crippen molar-refractivity contribution in [1.29, 1.82) is 0 Å². The van der Waals surface area contributed by atoms with Gasteiger partial charge in [0.25, 0.3) is 11.8 Å². The van der Waals surface area contributed by atoms with Gasteiger partial charge >= 0.3 is 12.0 Å². The van der Waals surface area contributed by atoms with Crippen molar-refractivity contribution in [3.05, 3.63) is 81.2 Å². The number of hydrogen-bond donors (Lipinski definition) is 1. The van der Waals surface area contributed by atoms with Crippen LogP contribution in [-0.2, 0) is 20.9 Å². The minimum atomic E-state index is -0.917. The molecule has 1 aliphatic heterocycles. The van der Waals surface area contributed by atoms with Crippen molar-refractivity contribution in [1.82, 2.24) is 5.32 Å². The Labute approximate surface area is 220 Å². The molecule has 4 amide bonds. The van der Waals surface area contributed by atoms with Gasteiger partial charge in [-0.1, -0.05) is 29.3 Å². The number of carbonyl (C=O) groups excluding carboxylic acids is 4. The normalized spacial score (nSPS) is 14.5. The van der Waals surface area contributed by atoms with Gasteiger partial charge in [-0.15, -0.1) is 0 Å². The summed E-state index contributed by atoms with van der Waals surface area (Å²) in [4.78, 5) is 50.3. The van der Waals surface area contributed by atoms with E-state index in [1.54, 1.807) is 24.3 Å². The lowest BCUT2D eigenvalue weighted by atomic mass is 10.1. The van der Waals surface area contributed by atoms with Gasteiger partial charge in [0.1, 0.15) is 17.9 Å². The summed E-state index contributed by atoms with van der Waals surface area (Å²) in [6.07, 6.45) is 1.32. The lowest BCUT2D eigenvalue weighted by molar-refractivity contribution is -0.122. The van der Waals surface area contributed by atoms with Gasteiger partial charge in [-0.2, -0.15) is 0 Å². The molecule has 12 heteroatoms. The zero-order valence-electron chi connectivity index (χ0n) is 19.4. The lowest BCUT2D eigenvalue weighted by Gasteiger charge is -2.26. The van der Waals surface area contributed by atoms with Crippen molar-refractivity contribution in [2.45, 2.75) is 6.61 Å². The van der Waals surface area contributed by atoms with E-state index in [0.29, 0.717) is 22.8 Å². The third-order valence-corrected chi connectivity index (χ3v) is 5.92. The first-order chi connectivity index (χ1) is 17.7. The summed E-state index contributed by atoms with van der Waals surface area (Å²) in [5, 5.41) is 2.52. The molecule has 1 aromatic heterocycles. The average Bonchev–Trinajstić information content (AvgIpc) is 3.36. The highest BCUT2D eigenvalue weighted by atomic mass is 35.5. The first-order valence-corrected chi connectivity index (χ1v) is 11.3. The Kier molecular flexibility index (Phi) is 7.51. The van der Waals surface area contributed by atoms with Crippen LogP contribution in [0.5, 0.6) is 11.5 Å². The smallest absolute Gasteiger partial charge is 0.373 e. The number of ether oxygens (including phenoxy) is 3. The fourth-order valence-corrected chi connectivity index (χ4v) is 3.68. The molecule has 0 atom stereocenters. The van der Waals surface area contributed by atoms with Crippen LogP contribution in [0.3, 0.4) is 0 Å². The predicted molar refractivity (Wildman–Crippen MR) is 133 cm³/mol. The SMILES string of the molecule is COC(=O)c1ccc(COc2ccc(C=C3C(=O)NC(=O)N(c4ccc(Cl)c(Cl)c4)C3=O)cc2OC)o1. The molecule has 10 nitrogen and oxygen atoms in total. The number of urea groups is 1. The second-order valence-electron chi connectivity index (χ2n) is 7.51. The summed E-state index contributed by atoms with van der Waals surface area (Å²) in [5.74, 6) is -1.25. The standard InChI is InChI=1S/C25H18Cl2N2O8/c1-34-21-10-13(3-7-19(21)36-12-15-5-8-20(37-15)24(32)35-2)9-16-22(30)28-25(33)29(23(16)31)14-4-6-17(26)18(27)11-14/h3-11H,12H2,1-2H3,(H,28,30,33). The number of nitrogens with zero attached hydrogens (tertiary/aromatic N) is 1. The molecular formula is C25H18Cl2N2O8. The van der Waals surface area contributed by atoms with E-state index in [2.05, 4.69) is 10.1 Å². The summed E-state index contributed by atoms with van der Waals surface area (Å²) in [7, 11) is 2.67. The van der Waals surface area contributed by atoms with Gasteiger partial charge < -0.3 is 18.6 Å². The third kappa shape index (κ3) is 5.45. The fraction of sp³-hybridized carbons (Fsp3) is 0.120. The molecule has 0 unspecified atom stereocenters. The zero-order chi connectivity index (χ0) is 26.7. The number of amides is 4. The molecule has 1 fully saturated rings. The van der Waals surface area contributed by atoms with Crippen LogP contribution in [0.2, 0.25) is 10.0 Å². The Hall–Kier alpha value is -4.28. The van der Waals surface area contributed by atoms with Crippen LogP contribution in [0.25, 0.3) is 6.08 Å². The molecule has 0 aliphatic carbocycles. The second kappa shape index (κ2) is 10.8. The summed E-state index contributed by atoms with van der Waals surface area (Å²) in [5.41, 5.74) is 0.286. The number of imide groups is 2. The Balaban J connectivity index is 1.56. The van der Waals surface area contributed by atoms with E-state index < -0.39 is 23.8 Å². The number of methoxy groups -OCH3 is 2. The molecule has 4 rings (SSSR count). The van der Waals surface area contributed by atoms with Crippen LogP contribution < -0.4 is 19.7 Å². The van der Waals surface area contributed by atoms with E-state index in [-0.39, 0.29) is 33.7 Å². The Morgan fingerprint density at radius 3 is 2.49 bits per heavy atom. The zero-order valence-corrected chi connectivity index (χ0v) is 20.9. The average molecular weight is 545 g/mol. The first-order valence-electron chi connectivity index (χ1n) is 10.6. The van der Waals surface area contributed by atoms with E-state index in [0.717, 1.165) is 4.90 Å². The minimum absolute atomic E-state index is 0.00456. The maximum absolute atomic E-state index is 13.1. The molecule has 190 valence electrons. The molecule has 0 bridgehead atoms. The van der Waals surface area contributed by atoms with E-state index in [4.69, 9.17) is 37.1 Å². The molecule has 0 radical (unpaired) electrons. The van der Waals surface area contributed by atoms with Gasteiger partial charge in [-0.3, -0.25) is 14.9 Å². The van der Waals surface area contributed by atoms with Gasteiger partial charge in [0.2, 0.25) is 5.76 Å². The van der Waals surface area contributed by atoms with Crippen LogP contribution in [0.15, 0.2) is 58.5 Å². The van der Waals surface area contributed by atoms with Gasteiger partial charge in [-0.25, -0.2) is 14.5 Å². The molecule has 1 N–H and O–H groups in total. The Morgan fingerprint density at radius 2 is 1.78 bits per heavy atom. The van der Waals surface area contributed by atoms with Crippen molar-refractivity contribution < 1.29 is 37.8 Å². The maximum Gasteiger partial charge on any atom is 0.373 e. The number of nitrogens with one attached hydrogen (secondary N) is 1. The highest BCUT2D eigenvalue weighted by Crippen LogP contribution is 2.32. The van der Waals surface area contributed by atoms with Crippen LogP contribution >= 0.6 is 23.2 Å². The molecule has 3 aromatic rings. The molecule has 37 heavy (non-hydrogen) atoms. The van der Waals surface area contributed by atoms with Gasteiger partial charge in [-0.05, 0) is 54.1 Å². The van der Waals surface area contributed by atoms with Crippen molar-refractivity contribution in [3.8, 4) is 11.5 Å². The second-order valence-corrected chi connectivity index (χ2v) is 8.33. The van der Waals surface area contributed by atoms with Crippen molar-refractivity contribution >= 4 is 58.8 Å². The number of carbonyl (C=O) groups is 4. The number of rotatable bonds is 7. The van der Waals surface area contributed by atoms with Gasteiger partial charge in [0.05, 0.1) is 30.0 Å². The molecule has 0 saturated carbocycles. The van der Waals surface area contributed by atoms with Crippen molar-refractivity contribution in [3.63, 3.8) is 0 Å². The Morgan fingerprint density at radius 1 is 1.00 bits per heavy atom. The van der Waals surface area contributed by atoms with Crippen molar-refractivity contribution in [2.75, 3.05) is 19.1 Å².